The van der Waals surface area contributed by atoms with E-state index in [1.807, 2.05) is 27.7 Å². The fraction of sp³-hybridized carbons (Fsp3) is 0.677. The minimum atomic E-state index is -1.45. The maximum atomic E-state index is 12.7. The van der Waals surface area contributed by atoms with Crippen LogP contribution in [-0.2, 0) is 23.7 Å². The van der Waals surface area contributed by atoms with E-state index in [0.717, 1.165) is 0 Å². The zero-order chi connectivity index (χ0) is 33.1. The Morgan fingerprint density at radius 1 is 0.837 bits per heavy atom. The van der Waals surface area contributed by atoms with Crippen molar-refractivity contribution in [3.8, 4) is 11.5 Å². The number of carbonyl (C=O) groups excluding carboxylic acids is 3. The first-order valence-corrected chi connectivity index (χ1v) is 14.6. The van der Waals surface area contributed by atoms with Crippen molar-refractivity contribution in [2.75, 3.05) is 6.61 Å². The third-order valence-electron chi connectivity index (χ3n) is 7.34. The maximum absolute atomic E-state index is 12.7. The maximum Gasteiger partial charge on any atom is 0.514 e. The highest BCUT2D eigenvalue weighted by Gasteiger charge is 2.36. The van der Waals surface area contributed by atoms with Crippen LogP contribution in [0.3, 0.4) is 0 Å². The summed E-state index contributed by atoms with van der Waals surface area (Å²) >= 11 is 0. The lowest BCUT2D eigenvalue weighted by Gasteiger charge is -2.31. The van der Waals surface area contributed by atoms with E-state index in [4.69, 9.17) is 34.2 Å². The van der Waals surface area contributed by atoms with E-state index in [9.17, 15) is 24.3 Å². The van der Waals surface area contributed by atoms with E-state index in [1.54, 1.807) is 41.5 Å². The van der Waals surface area contributed by atoms with Gasteiger partial charge in [0.2, 0.25) is 0 Å². The van der Waals surface area contributed by atoms with Gasteiger partial charge in [-0.05, 0) is 77.5 Å². The summed E-state index contributed by atoms with van der Waals surface area (Å²) in [5.41, 5.74) is 4.78. The molecule has 0 aromatic heterocycles. The molecule has 0 radical (unpaired) electrons. The molecule has 0 aliphatic rings. The second-order valence-corrected chi connectivity index (χ2v) is 12.2. The Labute approximate surface area is 254 Å². The highest BCUT2D eigenvalue weighted by Crippen LogP contribution is 2.38. The molecule has 3 N–H and O–H groups in total. The molecule has 0 heterocycles. The number of aliphatic carboxylic acids is 1. The van der Waals surface area contributed by atoms with Gasteiger partial charge in [0.15, 0.2) is 11.5 Å². The molecular weight excluding hydrogens is 562 g/mol. The molecule has 0 fully saturated rings. The molecule has 43 heavy (non-hydrogen) atoms. The fourth-order valence-corrected chi connectivity index (χ4v) is 3.67. The zero-order valence-electron chi connectivity index (χ0n) is 27.1. The SMILES string of the molecule is CCC(C)(C)OC(=O)Oc1ccc(C(C(C)C(C)OC(=O)OCCC(C)C)[C@H](N)C(=O)O)cc1OC(=O)OC(C)(C)CC. The molecule has 0 aliphatic carbocycles. The normalized spacial score (nSPS) is 14.6. The molecule has 0 bridgehead atoms. The number of ether oxygens (including phenoxy) is 6. The number of nitrogens with two attached hydrogens (primary N) is 1. The molecule has 0 aliphatic heterocycles. The van der Waals surface area contributed by atoms with E-state index >= 15 is 0 Å². The van der Waals surface area contributed by atoms with Gasteiger partial charge in [0.1, 0.15) is 23.3 Å². The van der Waals surface area contributed by atoms with Gasteiger partial charge in [-0.25, -0.2) is 14.4 Å². The van der Waals surface area contributed by atoms with Crippen LogP contribution >= 0.6 is 0 Å². The number of hydrogen-bond donors (Lipinski definition) is 2. The molecular formula is C31H49NO11. The Morgan fingerprint density at radius 2 is 1.35 bits per heavy atom. The molecule has 1 rings (SSSR count). The van der Waals surface area contributed by atoms with Gasteiger partial charge in [0.25, 0.3) is 0 Å². The lowest BCUT2D eigenvalue weighted by Crippen LogP contribution is -2.42. The average Bonchev–Trinajstić information content (AvgIpc) is 2.89. The second kappa shape index (κ2) is 16.3. The van der Waals surface area contributed by atoms with Crippen LogP contribution in [0.25, 0.3) is 0 Å². The van der Waals surface area contributed by atoms with E-state index in [1.165, 1.54) is 18.2 Å². The Kier molecular flexibility index (Phi) is 14.2. The smallest absolute Gasteiger partial charge is 0.480 e. The predicted molar refractivity (Wildman–Crippen MR) is 158 cm³/mol. The third-order valence-corrected chi connectivity index (χ3v) is 7.34. The molecule has 12 nitrogen and oxygen atoms in total. The summed E-state index contributed by atoms with van der Waals surface area (Å²) in [5, 5.41) is 9.82. The quantitative estimate of drug-likeness (QED) is 0.121. The van der Waals surface area contributed by atoms with Gasteiger partial charge in [0, 0.05) is 11.8 Å². The lowest BCUT2D eigenvalue weighted by atomic mass is 9.79. The zero-order valence-corrected chi connectivity index (χ0v) is 27.1. The predicted octanol–water partition coefficient (Wildman–Crippen LogP) is 6.81. The summed E-state index contributed by atoms with van der Waals surface area (Å²) in [6, 6.07) is 2.72. The van der Waals surface area contributed by atoms with Crippen LogP contribution in [-0.4, -0.2) is 59.5 Å². The van der Waals surface area contributed by atoms with Crippen LogP contribution in [0.15, 0.2) is 18.2 Å². The van der Waals surface area contributed by atoms with Crippen molar-refractivity contribution >= 4 is 24.4 Å². The van der Waals surface area contributed by atoms with Crippen LogP contribution in [0, 0.1) is 11.8 Å². The summed E-state index contributed by atoms with van der Waals surface area (Å²) < 4.78 is 32.1. The Bertz CT molecular complexity index is 1100. The molecule has 244 valence electrons. The van der Waals surface area contributed by atoms with Gasteiger partial charge in [-0.3, -0.25) is 4.79 Å². The molecule has 0 amide bonds. The van der Waals surface area contributed by atoms with Gasteiger partial charge in [0.05, 0.1) is 6.61 Å². The Morgan fingerprint density at radius 3 is 1.81 bits per heavy atom. The molecule has 1 aromatic rings. The second-order valence-electron chi connectivity index (χ2n) is 12.2. The topological polar surface area (TPSA) is 170 Å². The number of carbonyl (C=O) groups is 4. The number of benzene rings is 1. The first-order valence-electron chi connectivity index (χ1n) is 14.6. The summed E-state index contributed by atoms with van der Waals surface area (Å²) in [5.74, 6) is -2.96. The van der Waals surface area contributed by atoms with Crippen LogP contribution in [0.4, 0.5) is 14.4 Å². The van der Waals surface area contributed by atoms with Crippen molar-refractivity contribution in [3.05, 3.63) is 23.8 Å². The van der Waals surface area contributed by atoms with E-state index in [2.05, 4.69) is 0 Å². The number of carboxylic acid groups (broad SMARTS) is 1. The Balaban J connectivity index is 3.44. The minimum absolute atomic E-state index is 0.166. The van der Waals surface area contributed by atoms with Gasteiger partial charge in [-0.2, -0.15) is 0 Å². The first kappa shape index (κ1) is 37.5. The van der Waals surface area contributed by atoms with Gasteiger partial charge in [-0.15, -0.1) is 0 Å². The number of rotatable bonds is 15. The molecule has 12 heteroatoms. The highest BCUT2D eigenvalue weighted by molar-refractivity contribution is 5.75. The summed E-state index contributed by atoms with van der Waals surface area (Å²) in [6.45, 7) is 17.9. The number of carboxylic acids is 1. The molecule has 4 atom stereocenters. The van der Waals surface area contributed by atoms with E-state index < -0.39 is 59.6 Å². The van der Waals surface area contributed by atoms with Gasteiger partial charge in [-0.1, -0.05) is 40.7 Å². The molecule has 0 spiro atoms. The summed E-state index contributed by atoms with van der Waals surface area (Å²) in [7, 11) is 0. The van der Waals surface area contributed by atoms with Crippen molar-refractivity contribution in [1.82, 2.24) is 0 Å². The van der Waals surface area contributed by atoms with Crippen LogP contribution < -0.4 is 15.2 Å². The van der Waals surface area contributed by atoms with Crippen molar-refractivity contribution < 1.29 is 52.7 Å². The minimum Gasteiger partial charge on any atom is -0.480 e. The average molecular weight is 612 g/mol. The van der Waals surface area contributed by atoms with E-state index in [-0.39, 0.29) is 18.1 Å². The van der Waals surface area contributed by atoms with Crippen molar-refractivity contribution in [2.24, 2.45) is 17.6 Å². The van der Waals surface area contributed by atoms with Crippen molar-refractivity contribution in [3.63, 3.8) is 0 Å². The van der Waals surface area contributed by atoms with Crippen molar-refractivity contribution in [2.45, 2.75) is 118 Å². The number of hydrogen-bond acceptors (Lipinski definition) is 11. The molecule has 0 saturated heterocycles. The van der Waals surface area contributed by atoms with Gasteiger partial charge >= 0.3 is 24.4 Å². The molecule has 1 aromatic carbocycles. The first-order chi connectivity index (χ1) is 19.8. The van der Waals surface area contributed by atoms with Gasteiger partial charge < -0.3 is 39.3 Å². The van der Waals surface area contributed by atoms with E-state index in [0.29, 0.717) is 30.7 Å². The van der Waals surface area contributed by atoms with Crippen LogP contribution in [0.5, 0.6) is 11.5 Å². The molecule has 3 unspecified atom stereocenters. The summed E-state index contributed by atoms with van der Waals surface area (Å²) in [6.07, 6.45) is -2.13. The van der Waals surface area contributed by atoms with Crippen LogP contribution in [0.1, 0.15) is 100.0 Å². The standard InChI is InChI=1S/C31H49NO11/c1-11-30(7,8)42-28(36)40-22-14-13-21(17-23(22)41-29(37)43-31(9,10)12-2)24(25(32)26(33)34)19(5)20(6)39-27(35)38-16-15-18(3)4/h13-14,17-20,24-25H,11-12,15-16,32H2,1-10H3,(H,33,34)/t19?,20?,24?,25-/m0/s1. The van der Waals surface area contributed by atoms with Crippen LogP contribution in [0.2, 0.25) is 0 Å². The largest absolute Gasteiger partial charge is 0.514 e. The third kappa shape index (κ3) is 12.7. The monoisotopic (exact) mass is 611 g/mol. The van der Waals surface area contributed by atoms with Crippen molar-refractivity contribution in [1.29, 1.82) is 0 Å². The lowest BCUT2D eigenvalue weighted by molar-refractivity contribution is -0.139. The Hall–Kier alpha value is -3.54. The fourth-order valence-electron chi connectivity index (χ4n) is 3.67. The molecule has 0 saturated carbocycles. The highest BCUT2D eigenvalue weighted by atomic mass is 16.8. The summed E-state index contributed by atoms with van der Waals surface area (Å²) in [4.78, 5) is 49.6.